The number of hydrogen-bond acceptors (Lipinski definition) is 2. The molecule has 0 saturated carbocycles. The smallest absolute Gasteiger partial charge is 0.120 e. The van der Waals surface area contributed by atoms with Crippen molar-refractivity contribution in [1.82, 2.24) is 9.97 Å². The fraction of sp³-hybridized carbons (Fsp3) is 0.400. The van der Waals surface area contributed by atoms with E-state index in [-0.39, 0.29) is 0 Å². The van der Waals surface area contributed by atoms with Crippen LogP contribution < -0.4 is 5.73 Å². The van der Waals surface area contributed by atoms with Crippen molar-refractivity contribution in [2.75, 3.05) is 0 Å². The van der Waals surface area contributed by atoms with Crippen LogP contribution in [-0.4, -0.2) is 9.97 Å². The number of benzene rings is 1. The van der Waals surface area contributed by atoms with Crippen molar-refractivity contribution in [2.24, 2.45) is 5.73 Å². The summed E-state index contributed by atoms with van der Waals surface area (Å²) in [5.41, 5.74) is 14.3. The third kappa shape index (κ3) is 1.95. The molecule has 2 aromatic rings. The van der Waals surface area contributed by atoms with Crippen molar-refractivity contribution < 1.29 is 0 Å². The molecule has 0 spiro atoms. The third-order valence-corrected chi connectivity index (χ3v) is 3.73. The predicted molar refractivity (Wildman–Crippen MR) is 75.6 cm³/mol. The van der Waals surface area contributed by atoms with Crippen molar-refractivity contribution in [3.8, 4) is 11.3 Å². The number of aryl methyl sites for hydroxylation is 3. The summed E-state index contributed by atoms with van der Waals surface area (Å²) in [5, 5.41) is 0. The molecule has 1 heterocycles. The summed E-state index contributed by atoms with van der Waals surface area (Å²) in [6.07, 6.45) is 0. The molecule has 0 radical (unpaired) electrons. The first-order valence-electron chi connectivity index (χ1n) is 6.29. The van der Waals surface area contributed by atoms with Gasteiger partial charge < -0.3 is 10.7 Å². The van der Waals surface area contributed by atoms with Gasteiger partial charge in [-0.3, -0.25) is 0 Å². The number of nitrogens with one attached hydrogen (secondary N) is 1. The van der Waals surface area contributed by atoms with Crippen molar-refractivity contribution in [2.45, 2.75) is 41.2 Å². The lowest BCUT2D eigenvalue weighted by atomic mass is 9.92. The van der Waals surface area contributed by atoms with E-state index in [0.29, 0.717) is 6.54 Å². The highest BCUT2D eigenvalue weighted by atomic mass is 15.0. The highest BCUT2D eigenvalue weighted by Crippen LogP contribution is 2.32. The Labute approximate surface area is 108 Å². The van der Waals surface area contributed by atoms with Crippen LogP contribution in [0.4, 0.5) is 0 Å². The second-order valence-electron chi connectivity index (χ2n) is 5.00. The zero-order chi connectivity index (χ0) is 13.4. The topological polar surface area (TPSA) is 54.7 Å². The number of aromatic nitrogens is 2. The Kier molecular flexibility index (Phi) is 3.26. The quantitative estimate of drug-likeness (QED) is 0.851. The molecule has 0 unspecified atom stereocenters. The SMILES string of the molecule is Cc1cc(C)c(C)c(-c2nc(CN)[nH]c2C)c1C. The molecular weight excluding hydrogens is 222 g/mol. The molecule has 18 heavy (non-hydrogen) atoms. The normalized spacial score (nSPS) is 11.0. The van der Waals surface area contributed by atoms with Crippen molar-refractivity contribution >= 4 is 0 Å². The summed E-state index contributed by atoms with van der Waals surface area (Å²) in [6.45, 7) is 11.1. The van der Waals surface area contributed by atoms with E-state index in [0.717, 1.165) is 17.2 Å². The van der Waals surface area contributed by atoms with E-state index >= 15 is 0 Å². The molecule has 0 aliphatic heterocycles. The lowest BCUT2D eigenvalue weighted by Gasteiger charge is -2.14. The lowest BCUT2D eigenvalue weighted by Crippen LogP contribution is -1.99. The molecule has 96 valence electrons. The van der Waals surface area contributed by atoms with Crippen LogP contribution in [0.5, 0.6) is 0 Å². The molecule has 1 aromatic carbocycles. The maximum Gasteiger partial charge on any atom is 0.120 e. The van der Waals surface area contributed by atoms with E-state index in [1.807, 2.05) is 0 Å². The molecule has 3 heteroatoms. The molecule has 0 bridgehead atoms. The van der Waals surface area contributed by atoms with Crippen LogP contribution >= 0.6 is 0 Å². The molecule has 1 aromatic heterocycles. The van der Waals surface area contributed by atoms with Crippen LogP contribution in [0.25, 0.3) is 11.3 Å². The molecule has 0 fully saturated rings. The number of imidazole rings is 1. The van der Waals surface area contributed by atoms with Gasteiger partial charge in [0.25, 0.3) is 0 Å². The predicted octanol–water partition coefficient (Wildman–Crippen LogP) is 3.08. The van der Waals surface area contributed by atoms with Gasteiger partial charge in [0.1, 0.15) is 5.82 Å². The standard InChI is InChI=1S/C15H21N3/c1-8-6-9(2)11(4)14(10(8)3)15-12(5)17-13(7-16)18-15/h6H,7,16H2,1-5H3,(H,17,18). The van der Waals surface area contributed by atoms with Crippen LogP contribution in [0.2, 0.25) is 0 Å². The summed E-state index contributed by atoms with van der Waals surface area (Å²) < 4.78 is 0. The van der Waals surface area contributed by atoms with E-state index in [1.165, 1.54) is 27.8 Å². The van der Waals surface area contributed by atoms with E-state index in [4.69, 9.17) is 5.73 Å². The monoisotopic (exact) mass is 243 g/mol. The van der Waals surface area contributed by atoms with Crippen LogP contribution in [0, 0.1) is 34.6 Å². The summed E-state index contributed by atoms with van der Waals surface area (Å²) in [5.74, 6) is 0.848. The van der Waals surface area contributed by atoms with Crippen molar-refractivity contribution in [3.05, 3.63) is 39.8 Å². The molecular formula is C15H21N3. The molecule has 2 rings (SSSR count). The number of nitrogens with two attached hydrogens (primary N) is 1. The lowest BCUT2D eigenvalue weighted by molar-refractivity contribution is 0.944. The fourth-order valence-electron chi connectivity index (χ4n) is 2.43. The first-order chi connectivity index (χ1) is 8.45. The van der Waals surface area contributed by atoms with Gasteiger partial charge in [0, 0.05) is 11.3 Å². The number of rotatable bonds is 2. The Bertz CT molecular complexity index is 568. The second kappa shape index (κ2) is 4.58. The second-order valence-corrected chi connectivity index (χ2v) is 5.00. The summed E-state index contributed by atoms with van der Waals surface area (Å²) in [7, 11) is 0. The third-order valence-electron chi connectivity index (χ3n) is 3.73. The molecule has 0 aliphatic carbocycles. The Hall–Kier alpha value is -1.61. The minimum absolute atomic E-state index is 0.448. The Balaban J connectivity index is 2.73. The molecule has 0 atom stereocenters. The minimum Gasteiger partial charge on any atom is -0.344 e. The summed E-state index contributed by atoms with van der Waals surface area (Å²) >= 11 is 0. The van der Waals surface area contributed by atoms with Crippen LogP contribution in [0.1, 0.15) is 33.8 Å². The highest BCUT2D eigenvalue weighted by Gasteiger charge is 2.15. The molecule has 3 N–H and O–H groups in total. The van der Waals surface area contributed by atoms with Crippen LogP contribution in [0.3, 0.4) is 0 Å². The van der Waals surface area contributed by atoms with Crippen LogP contribution in [0.15, 0.2) is 6.07 Å². The maximum atomic E-state index is 5.65. The van der Waals surface area contributed by atoms with E-state index < -0.39 is 0 Å². The highest BCUT2D eigenvalue weighted by molar-refractivity contribution is 5.72. The van der Waals surface area contributed by atoms with Gasteiger partial charge in [-0.05, 0) is 56.9 Å². The van der Waals surface area contributed by atoms with Gasteiger partial charge in [-0.2, -0.15) is 0 Å². The number of H-pyrrole nitrogens is 1. The summed E-state index contributed by atoms with van der Waals surface area (Å²) in [6, 6.07) is 2.24. The Morgan fingerprint density at radius 3 is 2.06 bits per heavy atom. The number of hydrogen-bond donors (Lipinski definition) is 2. The Morgan fingerprint density at radius 1 is 1.06 bits per heavy atom. The minimum atomic E-state index is 0.448. The van der Waals surface area contributed by atoms with Crippen LogP contribution in [-0.2, 0) is 6.54 Å². The van der Waals surface area contributed by atoms with Crippen molar-refractivity contribution in [3.63, 3.8) is 0 Å². The van der Waals surface area contributed by atoms with E-state index in [1.54, 1.807) is 0 Å². The molecule has 0 amide bonds. The zero-order valence-corrected chi connectivity index (χ0v) is 11.8. The van der Waals surface area contributed by atoms with Crippen molar-refractivity contribution in [1.29, 1.82) is 0 Å². The van der Waals surface area contributed by atoms with Gasteiger partial charge in [-0.15, -0.1) is 0 Å². The largest absolute Gasteiger partial charge is 0.344 e. The van der Waals surface area contributed by atoms with Gasteiger partial charge in [0.15, 0.2) is 0 Å². The number of aromatic amines is 1. The fourth-order valence-corrected chi connectivity index (χ4v) is 2.43. The zero-order valence-electron chi connectivity index (χ0n) is 11.8. The van der Waals surface area contributed by atoms with E-state index in [2.05, 4.69) is 50.7 Å². The van der Waals surface area contributed by atoms with Gasteiger partial charge in [-0.1, -0.05) is 6.07 Å². The first-order valence-corrected chi connectivity index (χ1v) is 6.29. The summed E-state index contributed by atoms with van der Waals surface area (Å²) in [4.78, 5) is 7.87. The number of nitrogens with zero attached hydrogens (tertiary/aromatic N) is 1. The van der Waals surface area contributed by atoms with Gasteiger partial charge in [0.05, 0.1) is 12.2 Å². The maximum absolute atomic E-state index is 5.65. The van der Waals surface area contributed by atoms with Gasteiger partial charge in [-0.25, -0.2) is 4.98 Å². The van der Waals surface area contributed by atoms with Gasteiger partial charge in [0.2, 0.25) is 0 Å². The van der Waals surface area contributed by atoms with E-state index in [9.17, 15) is 0 Å². The van der Waals surface area contributed by atoms with Gasteiger partial charge >= 0.3 is 0 Å². The molecule has 0 aliphatic rings. The average molecular weight is 243 g/mol. The molecule has 0 saturated heterocycles. The molecule has 3 nitrogen and oxygen atoms in total. The first kappa shape index (κ1) is 12.8. The average Bonchev–Trinajstić information content (AvgIpc) is 2.69. The Morgan fingerprint density at radius 2 is 1.61 bits per heavy atom.